The molecule has 0 aliphatic carbocycles. The number of amides is 1. The molecule has 2 saturated heterocycles. The molecule has 114 valence electrons. The van der Waals surface area contributed by atoms with Crippen LogP contribution >= 0.6 is 0 Å². The van der Waals surface area contributed by atoms with Gasteiger partial charge in [0.2, 0.25) is 0 Å². The van der Waals surface area contributed by atoms with E-state index >= 15 is 0 Å². The fourth-order valence-corrected chi connectivity index (χ4v) is 3.44. The van der Waals surface area contributed by atoms with Crippen LogP contribution in [0.25, 0.3) is 0 Å². The molecular formula is C16H22N2O3. The van der Waals surface area contributed by atoms with Gasteiger partial charge in [-0.3, -0.25) is 4.90 Å². The Hall–Kier alpha value is -1.59. The summed E-state index contributed by atoms with van der Waals surface area (Å²) >= 11 is 0. The van der Waals surface area contributed by atoms with Gasteiger partial charge in [-0.15, -0.1) is 0 Å². The van der Waals surface area contributed by atoms with Crippen LogP contribution in [0.3, 0.4) is 0 Å². The van der Waals surface area contributed by atoms with Gasteiger partial charge >= 0.3 is 6.09 Å². The summed E-state index contributed by atoms with van der Waals surface area (Å²) in [5, 5.41) is 13.2. The lowest BCUT2D eigenvalue weighted by molar-refractivity contribution is 0.0292. The second-order valence-corrected chi connectivity index (χ2v) is 5.92. The van der Waals surface area contributed by atoms with Crippen LogP contribution in [0.15, 0.2) is 30.3 Å². The number of hydrogen-bond donors (Lipinski definition) is 2. The average Bonchev–Trinajstić information content (AvgIpc) is 2.78. The third-order valence-electron chi connectivity index (χ3n) is 4.49. The molecule has 3 rings (SSSR count). The normalized spacial score (nSPS) is 29.2. The topological polar surface area (TPSA) is 61.8 Å². The van der Waals surface area contributed by atoms with Gasteiger partial charge in [-0.05, 0) is 25.3 Å². The molecule has 21 heavy (non-hydrogen) atoms. The molecule has 0 spiro atoms. The maximum absolute atomic E-state index is 12.4. The zero-order valence-electron chi connectivity index (χ0n) is 12.2. The Morgan fingerprint density at radius 3 is 2.90 bits per heavy atom. The molecule has 0 saturated carbocycles. The smallest absolute Gasteiger partial charge is 0.410 e. The Morgan fingerprint density at radius 2 is 2.19 bits per heavy atom. The number of benzene rings is 1. The first-order valence-electron chi connectivity index (χ1n) is 7.57. The van der Waals surface area contributed by atoms with Gasteiger partial charge in [0.25, 0.3) is 0 Å². The van der Waals surface area contributed by atoms with Gasteiger partial charge in [-0.2, -0.15) is 0 Å². The minimum atomic E-state index is -0.474. The number of piperazine rings is 1. The summed E-state index contributed by atoms with van der Waals surface area (Å²) in [6, 6.07) is 9.85. The van der Waals surface area contributed by atoms with E-state index in [-0.39, 0.29) is 24.2 Å². The monoisotopic (exact) mass is 290 g/mol. The summed E-state index contributed by atoms with van der Waals surface area (Å²) in [4.78, 5) is 14.2. The summed E-state index contributed by atoms with van der Waals surface area (Å²) < 4.78 is 5.45. The molecule has 5 nitrogen and oxygen atoms in total. The van der Waals surface area contributed by atoms with Crippen molar-refractivity contribution in [1.82, 2.24) is 10.2 Å². The minimum absolute atomic E-state index is 0.0343. The van der Waals surface area contributed by atoms with Crippen LogP contribution in [0.4, 0.5) is 4.79 Å². The molecule has 2 bridgehead atoms. The Morgan fingerprint density at radius 1 is 1.43 bits per heavy atom. The molecule has 4 unspecified atom stereocenters. The minimum Gasteiger partial charge on any atom is -0.445 e. The number of rotatable bonds is 3. The van der Waals surface area contributed by atoms with Crippen LogP contribution in [0.2, 0.25) is 0 Å². The highest BCUT2D eigenvalue weighted by molar-refractivity contribution is 5.69. The molecule has 0 aromatic heterocycles. The maximum atomic E-state index is 12.4. The van der Waals surface area contributed by atoms with E-state index in [0.717, 1.165) is 24.9 Å². The summed E-state index contributed by atoms with van der Waals surface area (Å²) in [5.74, 6) is 0. The first-order chi connectivity index (χ1) is 10.2. The van der Waals surface area contributed by atoms with E-state index < -0.39 is 6.10 Å². The van der Waals surface area contributed by atoms with Crippen molar-refractivity contribution in [3.63, 3.8) is 0 Å². The van der Waals surface area contributed by atoms with Crippen LogP contribution in [0.5, 0.6) is 0 Å². The largest absolute Gasteiger partial charge is 0.445 e. The Bertz CT molecular complexity index is 492. The number of carbonyl (C=O) groups is 1. The van der Waals surface area contributed by atoms with Gasteiger partial charge in [-0.25, -0.2) is 4.79 Å². The number of ether oxygens (including phenoxy) is 1. The Labute approximate surface area is 124 Å². The molecule has 2 aliphatic rings. The first-order valence-corrected chi connectivity index (χ1v) is 7.57. The van der Waals surface area contributed by atoms with Crippen LogP contribution in [0.1, 0.15) is 25.3 Å². The van der Waals surface area contributed by atoms with E-state index in [1.165, 1.54) is 0 Å². The predicted octanol–water partition coefficient (Wildman–Crippen LogP) is 1.51. The van der Waals surface area contributed by atoms with Crippen molar-refractivity contribution in [2.24, 2.45) is 0 Å². The van der Waals surface area contributed by atoms with E-state index in [2.05, 4.69) is 5.32 Å². The Balaban J connectivity index is 1.64. The van der Waals surface area contributed by atoms with Gasteiger partial charge < -0.3 is 15.2 Å². The fourth-order valence-electron chi connectivity index (χ4n) is 3.44. The highest BCUT2D eigenvalue weighted by Crippen LogP contribution is 2.31. The zero-order chi connectivity index (χ0) is 14.8. The number of fused-ring (bicyclic) bond motifs is 2. The van der Waals surface area contributed by atoms with Gasteiger partial charge in [-0.1, -0.05) is 30.3 Å². The van der Waals surface area contributed by atoms with Crippen molar-refractivity contribution in [3.05, 3.63) is 35.9 Å². The highest BCUT2D eigenvalue weighted by Gasteiger charge is 2.46. The van der Waals surface area contributed by atoms with Crippen molar-refractivity contribution in [3.8, 4) is 0 Å². The van der Waals surface area contributed by atoms with Crippen molar-refractivity contribution in [2.45, 2.75) is 50.6 Å². The number of carbonyl (C=O) groups excluding carboxylic acids is 1. The van der Waals surface area contributed by atoms with Crippen molar-refractivity contribution >= 4 is 6.09 Å². The molecule has 2 fully saturated rings. The molecule has 2 N–H and O–H groups in total. The number of aliphatic hydroxyl groups is 1. The predicted molar refractivity (Wildman–Crippen MR) is 78.7 cm³/mol. The number of aliphatic hydroxyl groups excluding tert-OH is 1. The molecule has 1 amide bonds. The van der Waals surface area contributed by atoms with Gasteiger partial charge in [0.15, 0.2) is 0 Å². The van der Waals surface area contributed by atoms with Crippen LogP contribution in [-0.2, 0) is 11.3 Å². The SMILES string of the molecule is CC(O)C1NCC2CCC1N2C(=O)OCc1ccccc1. The van der Waals surface area contributed by atoms with E-state index in [1.807, 2.05) is 35.2 Å². The molecule has 5 heteroatoms. The van der Waals surface area contributed by atoms with Gasteiger partial charge in [0, 0.05) is 12.6 Å². The molecule has 1 aromatic carbocycles. The van der Waals surface area contributed by atoms with E-state index in [9.17, 15) is 9.90 Å². The standard InChI is InChI=1S/C16H22N2O3/c1-11(19)15-14-8-7-13(9-17-15)18(14)16(20)21-10-12-5-3-2-4-6-12/h2-6,11,13-15,17,19H,7-10H2,1H3. The van der Waals surface area contributed by atoms with E-state index in [1.54, 1.807) is 6.92 Å². The third-order valence-corrected chi connectivity index (χ3v) is 4.49. The van der Waals surface area contributed by atoms with Gasteiger partial charge in [0.1, 0.15) is 6.61 Å². The maximum Gasteiger partial charge on any atom is 0.410 e. The fraction of sp³-hybridized carbons (Fsp3) is 0.562. The molecule has 4 atom stereocenters. The van der Waals surface area contributed by atoms with E-state index in [4.69, 9.17) is 4.74 Å². The first kappa shape index (κ1) is 14.4. The second-order valence-electron chi connectivity index (χ2n) is 5.92. The lowest BCUT2D eigenvalue weighted by Gasteiger charge is -2.41. The number of nitrogens with one attached hydrogen (secondary N) is 1. The molecule has 2 aliphatic heterocycles. The lowest BCUT2D eigenvalue weighted by atomic mass is 10.0. The molecular weight excluding hydrogens is 268 g/mol. The quantitative estimate of drug-likeness (QED) is 0.886. The second kappa shape index (κ2) is 6.03. The summed E-state index contributed by atoms with van der Waals surface area (Å²) in [7, 11) is 0. The van der Waals surface area contributed by atoms with Crippen LogP contribution < -0.4 is 5.32 Å². The van der Waals surface area contributed by atoms with Crippen LogP contribution in [0, 0.1) is 0 Å². The summed E-state index contributed by atoms with van der Waals surface area (Å²) in [6.45, 7) is 2.79. The third kappa shape index (κ3) is 2.89. The van der Waals surface area contributed by atoms with Crippen molar-refractivity contribution in [2.75, 3.05) is 6.54 Å². The van der Waals surface area contributed by atoms with Crippen molar-refractivity contribution in [1.29, 1.82) is 0 Å². The average molecular weight is 290 g/mol. The molecule has 0 radical (unpaired) electrons. The molecule has 2 heterocycles. The number of nitrogens with zero attached hydrogens (tertiary/aromatic N) is 1. The molecule has 1 aromatic rings. The summed E-state index contributed by atoms with van der Waals surface area (Å²) in [6.07, 6.45) is 1.16. The summed E-state index contributed by atoms with van der Waals surface area (Å²) in [5.41, 5.74) is 0.986. The Kier molecular flexibility index (Phi) is 4.12. The van der Waals surface area contributed by atoms with Gasteiger partial charge in [0.05, 0.1) is 18.2 Å². The van der Waals surface area contributed by atoms with Crippen LogP contribution in [-0.4, -0.2) is 46.9 Å². The zero-order valence-corrected chi connectivity index (χ0v) is 12.2. The highest BCUT2D eigenvalue weighted by atomic mass is 16.6. The van der Waals surface area contributed by atoms with Crippen molar-refractivity contribution < 1.29 is 14.6 Å². The van der Waals surface area contributed by atoms with E-state index in [0.29, 0.717) is 6.61 Å². The number of hydrogen-bond acceptors (Lipinski definition) is 4. The lowest BCUT2D eigenvalue weighted by Crippen LogP contribution is -2.62.